The minimum atomic E-state index is -3.53. The van der Waals surface area contributed by atoms with Gasteiger partial charge >= 0.3 is 0 Å². The van der Waals surface area contributed by atoms with E-state index in [0.717, 1.165) is 6.26 Å². The SMILES string of the molecule is CS(=O)(=O)Nc1ccccc1NS(=O)(=O)CCCCCl. The van der Waals surface area contributed by atoms with Crippen LogP contribution < -0.4 is 9.44 Å². The summed E-state index contributed by atoms with van der Waals surface area (Å²) < 4.78 is 50.8. The fraction of sp³-hybridized carbons (Fsp3) is 0.455. The summed E-state index contributed by atoms with van der Waals surface area (Å²) >= 11 is 5.50. The Labute approximate surface area is 124 Å². The van der Waals surface area contributed by atoms with Gasteiger partial charge in [-0.15, -0.1) is 11.6 Å². The van der Waals surface area contributed by atoms with Crippen LogP contribution in [0.3, 0.4) is 0 Å². The van der Waals surface area contributed by atoms with Crippen LogP contribution in [0.1, 0.15) is 12.8 Å². The summed E-state index contributed by atoms with van der Waals surface area (Å²) in [6.45, 7) is 0. The Morgan fingerprint density at radius 2 is 1.55 bits per heavy atom. The summed E-state index contributed by atoms with van der Waals surface area (Å²) in [6.07, 6.45) is 2.05. The van der Waals surface area contributed by atoms with Crippen LogP contribution in [0.5, 0.6) is 0 Å². The molecule has 0 aliphatic rings. The highest BCUT2D eigenvalue weighted by Gasteiger charge is 2.14. The Hall–Kier alpha value is -0.990. The lowest BCUT2D eigenvalue weighted by molar-refractivity contribution is 0.597. The summed E-state index contributed by atoms with van der Waals surface area (Å²) in [4.78, 5) is 0. The monoisotopic (exact) mass is 340 g/mol. The first kappa shape index (κ1) is 17.1. The Morgan fingerprint density at radius 3 is 2.05 bits per heavy atom. The number of rotatable bonds is 8. The largest absolute Gasteiger partial charge is 0.282 e. The van der Waals surface area contributed by atoms with Crippen molar-refractivity contribution < 1.29 is 16.8 Å². The zero-order valence-electron chi connectivity index (χ0n) is 11.0. The van der Waals surface area contributed by atoms with Gasteiger partial charge in [0.1, 0.15) is 0 Å². The maximum Gasteiger partial charge on any atom is 0.232 e. The van der Waals surface area contributed by atoms with E-state index in [1.54, 1.807) is 12.1 Å². The fourth-order valence-electron chi connectivity index (χ4n) is 1.47. The number of hydrogen-bond acceptors (Lipinski definition) is 4. The Morgan fingerprint density at radius 1 is 1.00 bits per heavy atom. The molecule has 0 radical (unpaired) electrons. The zero-order valence-corrected chi connectivity index (χ0v) is 13.4. The third-order valence-corrected chi connectivity index (χ3v) is 4.50. The van der Waals surface area contributed by atoms with Gasteiger partial charge in [0, 0.05) is 5.88 Å². The summed E-state index contributed by atoms with van der Waals surface area (Å²) in [5, 5.41) is 0. The van der Waals surface area contributed by atoms with Crippen molar-refractivity contribution >= 4 is 43.0 Å². The first-order valence-corrected chi connectivity index (χ1v) is 9.94. The molecule has 1 aromatic carbocycles. The second-order valence-electron chi connectivity index (χ2n) is 4.24. The molecule has 0 aliphatic heterocycles. The predicted molar refractivity (Wildman–Crippen MR) is 82.3 cm³/mol. The Kier molecular flexibility index (Phi) is 6.09. The molecule has 0 aromatic heterocycles. The third kappa shape index (κ3) is 6.44. The van der Waals surface area contributed by atoms with Crippen LogP contribution in [0.2, 0.25) is 0 Å². The van der Waals surface area contributed by atoms with Crippen LogP contribution >= 0.6 is 11.6 Å². The maximum absolute atomic E-state index is 11.9. The Balaban J connectivity index is 2.87. The van der Waals surface area contributed by atoms with E-state index in [-0.39, 0.29) is 17.1 Å². The first-order valence-electron chi connectivity index (χ1n) is 5.87. The first-order chi connectivity index (χ1) is 9.23. The molecule has 0 heterocycles. The second-order valence-corrected chi connectivity index (χ2v) is 8.21. The molecule has 9 heteroatoms. The zero-order chi connectivity index (χ0) is 15.2. The molecule has 0 fully saturated rings. The van der Waals surface area contributed by atoms with Crippen LogP contribution in [-0.4, -0.2) is 34.7 Å². The lowest BCUT2D eigenvalue weighted by Gasteiger charge is -2.13. The fourth-order valence-corrected chi connectivity index (χ4v) is 3.43. The van der Waals surface area contributed by atoms with Gasteiger partial charge in [-0.3, -0.25) is 9.44 Å². The van der Waals surface area contributed by atoms with Crippen molar-refractivity contribution in [1.82, 2.24) is 0 Å². The molecule has 0 atom stereocenters. The molecule has 0 spiro atoms. The Bertz CT molecular complexity index is 644. The predicted octanol–water partition coefficient (Wildman–Crippen LogP) is 1.82. The van der Waals surface area contributed by atoms with E-state index >= 15 is 0 Å². The molecule has 6 nitrogen and oxygen atoms in total. The van der Waals surface area contributed by atoms with Gasteiger partial charge in [0.25, 0.3) is 0 Å². The van der Waals surface area contributed by atoms with Gasteiger partial charge in [0.05, 0.1) is 23.4 Å². The summed E-state index contributed by atoms with van der Waals surface area (Å²) in [6, 6.07) is 6.20. The maximum atomic E-state index is 11.9. The molecule has 0 saturated heterocycles. The van der Waals surface area contributed by atoms with Gasteiger partial charge in [0.15, 0.2) is 0 Å². The quantitative estimate of drug-likeness (QED) is 0.557. The van der Waals surface area contributed by atoms with Crippen LogP contribution in [0.25, 0.3) is 0 Å². The van der Waals surface area contributed by atoms with Gasteiger partial charge < -0.3 is 0 Å². The van der Waals surface area contributed by atoms with Crippen molar-refractivity contribution in [1.29, 1.82) is 0 Å². The number of alkyl halides is 1. The summed E-state index contributed by atoms with van der Waals surface area (Å²) in [5.74, 6) is 0.342. The van der Waals surface area contributed by atoms with E-state index in [1.807, 2.05) is 0 Å². The van der Waals surface area contributed by atoms with Gasteiger partial charge in [-0.25, -0.2) is 16.8 Å². The highest BCUT2D eigenvalue weighted by Crippen LogP contribution is 2.23. The minimum Gasteiger partial charge on any atom is -0.282 e. The van der Waals surface area contributed by atoms with Crippen molar-refractivity contribution in [2.24, 2.45) is 0 Å². The summed E-state index contributed by atoms with van der Waals surface area (Å²) in [7, 11) is -7.01. The van der Waals surface area contributed by atoms with Crippen LogP contribution in [0.15, 0.2) is 24.3 Å². The third-order valence-electron chi connectivity index (χ3n) is 2.28. The van der Waals surface area contributed by atoms with Gasteiger partial charge in [-0.05, 0) is 25.0 Å². The number of halogens is 1. The van der Waals surface area contributed by atoms with Crippen molar-refractivity contribution in [2.75, 3.05) is 27.3 Å². The molecule has 114 valence electrons. The highest BCUT2D eigenvalue weighted by atomic mass is 35.5. The van der Waals surface area contributed by atoms with Crippen molar-refractivity contribution in [3.8, 4) is 0 Å². The van der Waals surface area contributed by atoms with Crippen molar-refractivity contribution in [3.05, 3.63) is 24.3 Å². The molecule has 0 saturated carbocycles. The lowest BCUT2D eigenvalue weighted by atomic mass is 10.3. The van der Waals surface area contributed by atoms with Crippen LogP contribution in [-0.2, 0) is 20.0 Å². The van der Waals surface area contributed by atoms with E-state index in [0.29, 0.717) is 18.7 Å². The van der Waals surface area contributed by atoms with Crippen LogP contribution in [0, 0.1) is 0 Å². The number of hydrogen-bond donors (Lipinski definition) is 2. The average molecular weight is 341 g/mol. The number of nitrogens with one attached hydrogen (secondary N) is 2. The standard InChI is InChI=1S/C11H17ClN2O4S2/c1-19(15,16)13-10-6-2-3-7-11(10)14-20(17,18)9-5-4-8-12/h2-3,6-7,13-14H,4-5,8-9H2,1H3. The molecular formula is C11H17ClN2O4S2. The normalized spacial score (nSPS) is 12.1. The smallest absolute Gasteiger partial charge is 0.232 e. The van der Waals surface area contributed by atoms with E-state index in [4.69, 9.17) is 11.6 Å². The number of unbranched alkanes of at least 4 members (excludes halogenated alkanes) is 1. The molecule has 1 aromatic rings. The topological polar surface area (TPSA) is 92.3 Å². The minimum absolute atomic E-state index is 0.0626. The number of sulfonamides is 2. The molecule has 0 bridgehead atoms. The number of anilines is 2. The number of para-hydroxylation sites is 2. The molecule has 0 unspecified atom stereocenters. The van der Waals surface area contributed by atoms with Crippen molar-refractivity contribution in [2.45, 2.75) is 12.8 Å². The summed E-state index contributed by atoms with van der Waals surface area (Å²) in [5.41, 5.74) is 0.389. The van der Waals surface area contributed by atoms with Gasteiger partial charge in [0.2, 0.25) is 20.0 Å². The van der Waals surface area contributed by atoms with E-state index in [2.05, 4.69) is 9.44 Å². The average Bonchev–Trinajstić information content (AvgIpc) is 2.30. The van der Waals surface area contributed by atoms with E-state index in [9.17, 15) is 16.8 Å². The lowest BCUT2D eigenvalue weighted by Crippen LogP contribution is -2.19. The molecule has 0 aliphatic carbocycles. The molecule has 20 heavy (non-hydrogen) atoms. The molecule has 1 rings (SSSR count). The number of benzene rings is 1. The van der Waals surface area contributed by atoms with E-state index < -0.39 is 20.0 Å². The van der Waals surface area contributed by atoms with Crippen LogP contribution in [0.4, 0.5) is 11.4 Å². The van der Waals surface area contributed by atoms with E-state index in [1.165, 1.54) is 12.1 Å². The molecule has 0 amide bonds. The van der Waals surface area contributed by atoms with Crippen molar-refractivity contribution in [3.63, 3.8) is 0 Å². The van der Waals surface area contributed by atoms with Gasteiger partial charge in [-0.1, -0.05) is 12.1 Å². The highest BCUT2D eigenvalue weighted by molar-refractivity contribution is 7.93. The second kappa shape index (κ2) is 7.14. The molecular weight excluding hydrogens is 324 g/mol. The molecule has 2 N–H and O–H groups in total. The van der Waals surface area contributed by atoms with Gasteiger partial charge in [-0.2, -0.15) is 0 Å².